The number of aromatic amines is 1. The summed E-state index contributed by atoms with van der Waals surface area (Å²) in [5.74, 6) is -2.31. The van der Waals surface area contributed by atoms with E-state index in [0.717, 1.165) is 6.92 Å². The van der Waals surface area contributed by atoms with Crippen molar-refractivity contribution in [3.63, 3.8) is 0 Å². The molecule has 0 bridgehead atoms. The van der Waals surface area contributed by atoms with Crippen molar-refractivity contribution >= 4 is 17.4 Å². The highest BCUT2D eigenvalue weighted by atomic mass is 35.5. The zero-order valence-electron chi connectivity index (χ0n) is 6.72. The molecule has 1 heterocycles. The van der Waals surface area contributed by atoms with E-state index < -0.39 is 17.1 Å². The molecule has 0 radical (unpaired) electrons. The fourth-order valence-corrected chi connectivity index (χ4v) is 0.874. The summed E-state index contributed by atoms with van der Waals surface area (Å²) in [6.07, 6.45) is 1.31. The molecule has 0 aliphatic rings. The summed E-state index contributed by atoms with van der Waals surface area (Å²) < 4.78 is 24.9. The quantitative estimate of drug-likeness (QED) is 0.611. The Labute approximate surface area is 78.1 Å². The van der Waals surface area contributed by atoms with Crippen molar-refractivity contribution in [1.29, 1.82) is 0 Å². The van der Waals surface area contributed by atoms with Crippen LogP contribution in [0, 0.1) is 5.92 Å². The number of nitrogens with one attached hydrogen (secondary N) is 1. The lowest BCUT2D eigenvalue weighted by Gasteiger charge is -2.14. The highest BCUT2D eigenvalue weighted by molar-refractivity contribution is 6.23. The average Bonchev–Trinajstić information content (AvgIpc) is 2.51. The molecule has 0 spiro atoms. The van der Waals surface area contributed by atoms with Gasteiger partial charge in [0.1, 0.15) is 5.69 Å². The highest BCUT2D eigenvalue weighted by Crippen LogP contribution is 2.30. The number of halogens is 3. The minimum absolute atomic E-state index is 0.0350. The van der Waals surface area contributed by atoms with E-state index in [1.807, 2.05) is 0 Å². The average molecular weight is 209 g/mol. The van der Waals surface area contributed by atoms with Gasteiger partial charge in [0.2, 0.25) is 0 Å². The first-order chi connectivity index (χ1) is 5.93. The van der Waals surface area contributed by atoms with E-state index in [1.165, 1.54) is 12.3 Å². The fraction of sp³-hybridized carbons (Fsp3) is 0.429. The van der Waals surface area contributed by atoms with Crippen LogP contribution in [-0.2, 0) is 0 Å². The number of alkyl halides is 3. The molecule has 1 aromatic heterocycles. The number of rotatable bonds is 3. The van der Waals surface area contributed by atoms with Crippen molar-refractivity contribution in [3.8, 4) is 0 Å². The standard InChI is InChI=1S/C7H7ClF2N2O/c1-4(7(8,9)10)6(13)5-2-3-11-12-5/h2-4H,1H3,(H,11,12). The smallest absolute Gasteiger partial charge is 0.292 e. The number of hydrogen-bond donors (Lipinski definition) is 1. The molecular formula is C7H7ClF2N2O. The SMILES string of the molecule is CC(C(=O)c1ccn[nH]1)C(F)(F)Cl. The molecule has 1 unspecified atom stereocenters. The van der Waals surface area contributed by atoms with Gasteiger partial charge in [0, 0.05) is 6.20 Å². The Kier molecular flexibility index (Phi) is 2.66. The van der Waals surface area contributed by atoms with Crippen LogP contribution in [0.1, 0.15) is 17.4 Å². The molecule has 3 nitrogen and oxygen atoms in total. The Hall–Kier alpha value is -0.970. The van der Waals surface area contributed by atoms with Crippen LogP contribution < -0.4 is 0 Å². The molecule has 0 fully saturated rings. The maximum atomic E-state index is 12.5. The van der Waals surface area contributed by atoms with E-state index in [9.17, 15) is 13.6 Å². The minimum Gasteiger partial charge on any atom is -0.292 e. The van der Waals surface area contributed by atoms with Gasteiger partial charge in [-0.25, -0.2) is 0 Å². The second-order valence-electron chi connectivity index (χ2n) is 2.60. The van der Waals surface area contributed by atoms with Gasteiger partial charge in [-0.2, -0.15) is 13.9 Å². The number of H-pyrrole nitrogens is 1. The number of nitrogens with zero attached hydrogens (tertiary/aromatic N) is 1. The van der Waals surface area contributed by atoms with Crippen molar-refractivity contribution in [2.75, 3.05) is 0 Å². The van der Waals surface area contributed by atoms with Crippen molar-refractivity contribution < 1.29 is 13.6 Å². The van der Waals surface area contributed by atoms with Crippen LogP contribution in [0.5, 0.6) is 0 Å². The Morgan fingerprint density at radius 2 is 2.38 bits per heavy atom. The third-order valence-corrected chi connectivity index (χ3v) is 1.98. The summed E-state index contributed by atoms with van der Waals surface area (Å²) >= 11 is 4.71. The predicted octanol–water partition coefficient (Wildman–Crippen LogP) is 2.06. The molecule has 0 aromatic carbocycles. The minimum atomic E-state index is -3.53. The van der Waals surface area contributed by atoms with Gasteiger partial charge >= 0.3 is 5.38 Å². The van der Waals surface area contributed by atoms with Crippen molar-refractivity contribution in [1.82, 2.24) is 10.2 Å². The summed E-state index contributed by atoms with van der Waals surface area (Å²) in [4.78, 5) is 11.2. The van der Waals surface area contributed by atoms with Gasteiger partial charge in [-0.15, -0.1) is 0 Å². The summed E-state index contributed by atoms with van der Waals surface area (Å²) in [5.41, 5.74) is 0.0350. The second-order valence-corrected chi connectivity index (χ2v) is 3.10. The monoisotopic (exact) mass is 208 g/mol. The van der Waals surface area contributed by atoms with Crippen LogP contribution in [0.3, 0.4) is 0 Å². The molecule has 0 aliphatic heterocycles. The van der Waals surface area contributed by atoms with E-state index in [1.54, 1.807) is 0 Å². The first kappa shape index (κ1) is 10.1. The molecule has 6 heteroatoms. The van der Waals surface area contributed by atoms with E-state index in [-0.39, 0.29) is 5.69 Å². The number of aromatic nitrogens is 2. The fourth-order valence-electron chi connectivity index (χ4n) is 0.775. The van der Waals surface area contributed by atoms with E-state index in [2.05, 4.69) is 10.2 Å². The Bertz CT molecular complexity index is 294. The third-order valence-electron chi connectivity index (χ3n) is 1.65. The topological polar surface area (TPSA) is 45.8 Å². The summed E-state index contributed by atoms with van der Waals surface area (Å²) in [6.45, 7) is 1.07. The molecule has 0 saturated heterocycles. The molecule has 1 aromatic rings. The molecule has 1 atom stereocenters. The molecule has 0 amide bonds. The molecule has 0 saturated carbocycles. The normalized spacial score (nSPS) is 14.2. The maximum absolute atomic E-state index is 12.5. The first-order valence-electron chi connectivity index (χ1n) is 3.53. The Morgan fingerprint density at radius 3 is 2.77 bits per heavy atom. The first-order valence-corrected chi connectivity index (χ1v) is 3.91. The van der Waals surface area contributed by atoms with Crippen LogP contribution in [0.4, 0.5) is 8.78 Å². The number of ketones is 1. The van der Waals surface area contributed by atoms with Gasteiger partial charge in [0.15, 0.2) is 5.78 Å². The molecule has 0 aliphatic carbocycles. The lowest BCUT2D eigenvalue weighted by Crippen LogP contribution is -2.27. The zero-order chi connectivity index (χ0) is 10.1. The Balaban J connectivity index is 2.81. The van der Waals surface area contributed by atoms with Crippen LogP contribution in [0.25, 0.3) is 0 Å². The number of hydrogen-bond acceptors (Lipinski definition) is 2. The van der Waals surface area contributed by atoms with Crippen molar-refractivity contribution in [3.05, 3.63) is 18.0 Å². The zero-order valence-corrected chi connectivity index (χ0v) is 7.48. The summed E-state index contributed by atoms with van der Waals surface area (Å²) in [7, 11) is 0. The van der Waals surface area contributed by atoms with Gasteiger partial charge in [-0.1, -0.05) is 0 Å². The number of carbonyl (C=O) groups is 1. The summed E-state index contributed by atoms with van der Waals surface area (Å²) in [6, 6.07) is 1.32. The highest BCUT2D eigenvalue weighted by Gasteiger charge is 2.39. The number of Topliss-reactive ketones (excluding diaryl/α,β-unsaturated/α-hetero) is 1. The largest absolute Gasteiger partial charge is 0.331 e. The lowest BCUT2D eigenvalue weighted by atomic mass is 10.0. The molecule has 1 rings (SSSR count). The van der Waals surface area contributed by atoms with Crippen molar-refractivity contribution in [2.45, 2.75) is 12.3 Å². The number of carbonyl (C=O) groups excluding carboxylic acids is 1. The van der Waals surface area contributed by atoms with Gasteiger partial charge in [-0.3, -0.25) is 9.89 Å². The second kappa shape index (κ2) is 3.41. The molecule has 72 valence electrons. The van der Waals surface area contributed by atoms with Crippen LogP contribution in [0.2, 0.25) is 0 Å². The molecular weight excluding hydrogens is 202 g/mol. The molecule has 13 heavy (non-hydrogen) atoms. The lowest BCUT2D eigenvalue weighted by molar-refractivity contribution is 0.0335. The van der Waals surface area contributed by atoms with Gasteiger partial charge in [-0.05, 0) is 24.6 Å². The Morgan fingerprint density at radius 1 is 1.77 bits per heavy atom. The van der Waals surface area contributed by atoms with Crippen LogP contribution in [0.15, 0.2) is 12.3 Å². The third kappa shape index (κ3) is 2.24. The van der Waals surface area contributed by atoms with E-state index >= 15 is 0 Å². The summed E-state index contributed by atoms with van der Waals surface area (Å²) in [5, 5.41) is 2.25. The predicted molar refractivity (Wildman–Crippen MR) is 42.9 cm³/mol. The van der Waals surface area contributed by atoms with Gasteiger partial charge in [0.25, 0.3) is 0 Å². The van der Waals surface area contributed by atoms with Crippen molar-refractivity contribution in [2.24, 2.45) is 5.92 Å². The van der Waals surface area contributed by atoms with Crippen LogP contribution in [-0.4, -0.2) is 21.4 Å². The van der Waals surface area contributed by atoms with Crippen LogP contribution >= 0.6 is 11.6 Å². The van der Waals surface area contributed by atoms with E-state index in [0.29, 0.717) is 0 Å². The van der Waals surface area contributed by atoms with Gasteiger partial charge < -0.3 is 0 Å². The molecule has 1 N–H and O–H groups in total. The maximum Gasteiger partial charge on any atom is 0.331 e. The van der Waals surface area contributed by atoms with Gasteiger partial charge in [0.05, 0.1) is 5.92 Å². The van der Waals surface area contributed by atoms with E-state index in [4.69, 9.17) is 11.6 Å².